The number of nitrogens with zero attached hydrogens (tertiary/aromatic N) is 3. The van der Waals surface area contributed by atoms with Crippen molar-refractivity contribution in [3.05, 3.63) is 28.8 Å². The van der Waals surface area contributed by atoms with E-state index < -0.39 is 15.7 Å². The van der Waals surface area contributed by atoms with Gasteiger partial charge in [-0.15, -0.1) is 0 Å². The summed E-state index contributed by atoms with van der Waals surface area (Å²) in [5.41, 5.74) is -0.574. The molecule has 9 heteroatoms. The Bertz CT molecular complexity index is 811. The molecule has 1 saturated carbocycles. The average molecular weight is 419 g/mol. The summed E-state index contributed by atoms with van der Waals surface area (Å²) in [7, 11) is -0.594. The number of rotatable bonds is 4. The highest BCUT2D eigenvalue weighted by atomic mass is 35.5. The molecule has 1 aromatic rings. The Hall–Kier alpha value is -0.670. The zero-order valence-corrected chi connectivity index (χ0v) is 17.4. The van der Waals surface area contributed by atoms with Crippen molar-refractivity contribution in [2.45, 2.75) is 48.8 Å². The number of benzene rings is 1. The maximum Gasteiger partial charge on any atom is 0.300 e. The molecule has 1 aromatic carbocycles. The molecule has 1 N–H and O–H groups in total. The molecule has 2 atom stereocenters. The number of aliphatic hydroxyl groups is 1. The third-order valence-electron chi connectivity index (χ3n) is 5.75. The van der Waals surface area contributed by atoms with Crippen LogP contribution in [0.2, 0.25) is 5.02 Å². The van der Waals surface area contributed by atoms with Crippen LogP contribution in [-0.2, 0) is 15.7 Å². The molecule has 0 amide bonds. The Morgan fingerprint density at radius 3 is 2.65 bits per heavy atom. The molecule has 0 spiro atoms. The van der Waals surface area contributed by atoms with Crippen molar-refractivity contribution in [3.63, 3.8) is 0 Å². The van der Waals surface area contributed by atoms with Gasteiger partial charge in [0, 0.05) is 12.6 Å². The van der Waals surface area contributed by atoms with Crippen molar-refractivity contribution < 1.29 is 18.0 Å². The van der Waals surface area contributed by atoms with E-state index in [0.717, 1.165) is 18.7 Å². The van der Waals surface area contributed by atoms with Gasteiger partial charge in [-0.1, -0.05) is 34.3 Å². The second kappa shape index (κ2) is 7.39. The van der Waals surface area contributed by atoms with E-state index in [4.69, 9.17) is 11.6 Å². The van der Waals surface area contributed by atoms with Gasteiger partial charge in [0.1, 0.15) is 10.8 Å². The molecule has 6 nitrogen and oxygen atoms in total. The van der Waals surface area contributed by atoms with Crippen LogP contribution < -0.4 is 0 Å². The zero-order chi connectivity index (χ0) is 19.0. The second-order valence-corrected chi connectivity index (χ2v) is 10.2. The standard InChI is InChI=1S/C17H25ClN3O3S2/c1-19-20-26(23,24)16-10-13(8-9-15(16)18)17(22)11-25-12-21(17,2)14-6-4-3-5-7-14/h8-10,14,22H,3-7,11-12H2,1-2H3/q+1. The zero-order valence-electron chi connectivity index (χ0n) is 15.1. The van der Waals surface area contributed by atoms with Crippen LogP contribution in [0.3, 0.4) is 0 Å². The molecule has 2 aliphatic rings. The van der Waals surface area contributed by atoms with Crippen molar-refractivity contribution in [2.24, 2.45) is 9.63 Å². The summed E-state index contributed by atoms with van der Waals surface area (Å²) in [6, 6.07) is 5.10. The molecule has 144 valence electrons. The monoisotopic (exact) mass is 418 g/mol. The fourth-order valence-electron chi connectivity index (χ4n) is 4.17. The molecule has 0 radical (unpaired) electrons. The third kappa shape index (κ3) is 3.30. The molecule has 2 fully saturated rings. The van der Waals surface area contributed by atoms with Crippen molar-refractivity contribution in [3.8, 4) is 0 Å². The van der Waals surface area contributed by atoms with E-state index in [0.29, 0.717) is 21.8 Å². The molecule has 1 heterocycles. The lowest BCUT2D eigenvalue weighted by atomic mass is 9.89. The van der Waals surface area contributed by atoms with E-state index in [2.05, 4.69) is 16.7 Å². The summed E-state index contributed by atoms with van der Waals surface area (Å²) >= 11 is 7.82. The van der Waals surface area contributed by atoms with Crippen LogP contribution in [0.5, 0.6) is 0 Å². The molecule has 2 unspecified atom stereocenters. The fourth-order valence-corrected chi connectivity index (χ4v) is 7.11. The normalized spacial score (nSPS) is 30.9. The van der Waals surface area contributed by atoms with Gasteiger partial charge in [-0.2, -0.15) is 13.5 Å². The minimum atomic E-state index is -3.98. The molecular weight excluding hydrogens is 394 g/mol. The second-order valence-electron chi connectivity index (χ2n) is 7.26. The van der Waals surface area contributed by atoms with E-state index in [-0.39, 0.29) is 9.92 Å². The maximum atomic E-state index is 12.4. The number of quaternary nitrogens is 1. The van der Waals surface area contributed by atoms with Gasteiger partial charge in [-0.25, -0.2) is 0 Å². The van der Waals surface area contributed by atoms with Crippen LogP contribution >= 0.6 is 23.4 Å². The predicted octanol–water partition coefficient (Wildman–Crippen LogP) is 3.74. The lowest BCUT2D eigenvalue weighted by Crippen LogP contribution is -2.62. The van der Waals surface area contributed by atoms with Crippen LogP contribution in [0.4, 0.5) is 0 Å². The molecule has 3 rings (SSSR count). The highest BCUT2D eigenvalue weighted by Crippen LogP contribution is 2.48. The van der Waals surface area contributed by atoms with Gasteiger partial charge >= 0.3 is 10.0 Å². The lowest BCUT2D eigenvalue weighted by Gasteiger charge is -2.48. The first-order valence-electron chi connectivity index (χ1n) is 8.76. The molecule has 0 aromatic heterocycles. The topological polar surface area (TPSA) is 79.1 Å². The molecule has 26 heavy (non-hydrogen) atoms. The van der Waals surface area contributed by atoms with E-state index in [9.17, 15) is 13.5 Å². The maximum absolute atomic E-state index is 12.4. The van der Waals surface area contributed by atoms with Crippen molar-refractivity contribution in [1.82, 2.24) is 0 Å². The fraction of sp³-hybridized carbons (Fsp3) is 0.647. The van der Waals surface area contributed by atoms with Crippen LogP contribution in [-0.4, -0.2) is 49.8 Å². The molecule has 1 saturated heterocycles. The van der Waals surface area contributed by atoms with Crippen molar-refractivity contribution >= 4 is 33.4 Å². The molecular formula is C17H25ClN3O3S2+. The highest BCUT2D eigenvalue weighted by Gasteiger charge is 2.57. The van der Waals surface area contributed by atoms with Crippen LogP contribution in [0, 0.1) is 0 Å². The lowest BCUT2D eigenvalue weighted by molar-refractivity contribution is -0.996. The number of sulfonamides is 1. The van der Waals surface area contributed by atoms with Gasteiger partial charge in [0.15, 0.2) is 0 Å². The summed E-state index contributed by atoms with van der Waals surface area (Å²) < 4.78 is 28.5. The van der Waals surface area contributed by atoms with Crippen LogP contribution in [0.25, 0.3) is 0 Å². The van der Waals surface area contributed by atoms with Gasteiger partial charge < -0.3 is 5.11 Å². The molecule has 0 bridgehead atoms. The summed E-state index contributed by atoms with van der Waals surface area (Å²) in [5.74, 6) is 1.33. The quantitative estimate of drug-likeness (QED) is 0.596. The Labute approximate surface area is 164 Å². The summed E-state index contributed by atoms with van der Waals surface area (Å²) in [6.07, 6.45) is 5.77. The van der Waals surface area contributed by atoms with Crippen LogP contribution in [0.1, 0.15) is 37.7 Å². The Kier molecular flexibility index (Phi) is 5.71. The van der Waals surface area contributed by atoms with Gasteiger partial charge in [0.05, 0.1) is 23.9 Å². The Morgan fingerprint density at radius 2 is 2.00 bits per heavy atom. The molecule has 1 aliphatic carbocycles. The van der Waals surface area contributed by atoms with Gasteiger partial charge in [0.2, 0.25) is 5.72 Å². The smallest absolute Gasteiger partial charge is 0.300 e. The predicted molar refractivity (Wildman–Crippen MR) is 104 cm³/mol. The van der Waals surface area contributed by atoms with Crippen molar-refractivity contribution in [1.29, 1.82) is 0 Å². The number of hydrogen-bond donors (Lipinski definition) is 1. The first kappa shape index (κ1) is 20.1. The summed E-state index contributed by atoms with van der Waals surface area (Å²) in [5, 5.41) is 15.2. The van der Waals surface area contributed by atoms with Crippen molar-refractivity contribution in [2.75, 3.05) is 25.7 Å². The number of thioether (sulfide) groups is 1. The van der Waals surface area contributed by atoms with E-state index in [1.54, 1.807) is 17.8 Å². The van der Waals surface area contributed by atoms with Gasteiger partial charge in [-0.05, 0) is 43.9 Å². The third-order valence-corrected chi connectivity index (χ3v) is 8.79. The van der Waals surface area contributed by atoms with Crippen LogP contribution in [0.15, 0.2) is 32.7 Å². The van der Waals surface area contributed by atoms with E-state index >= 15 is 0 Å². The van der Waals surface area contributed by atoms with Gasteiger partial charge in [-0.3, -0.25) is 4.48 Å². The Morgan fingerprint density at radius 1 is 1.31 bits per heavy atom. The number of halogens is 1. The SMILES string of the molecule is CN=NS(=O)(=O)c1cc(C2(O)CSC[N+]2(C)C2CCCCC2)ccc1Cl. The summed E-state index contributed by atoms with van der Waals surface area (Å²) in [6.45, 7) is 0. The highest BCUT2D eigenvalue weighted by molar-refractivity contribution is 7.99. The van der Waals surface area contributed by atoms with Gasteiger partial charge in [0.25, 0.3) is 0 Å². The summed E-state index contributed by atoms with van der Waals surface area (Å²) in [4.78, 5) is -0.109. The Balaban J connectivity index is 2.07. The number of hydrogen-bond acceptors (Lipinski definition) is 5. The average Bonchev–Trinajstić information content (AvgIpc) is 2.93. The first-order chi connectivity index (χ1) is 12.2. The largest absolute Gasteiger partial charge is 0.338 e. The minimum Gasteiger partial charge on any atom is -0.338 e. The molecule has 1 aliphatic heterocycles. The van der Waals surface area contributed by atoms with E-state index in [1.165, 1.54) is 38.4 Å². The van der Waals surface area contributed by atoms with E-state index in [1.807, 2.05) is 0 Å². The first-order valence-corrected chi connectivity index (χ1v) is 11.7. The minimum absolute atomic E-state index is 0.0854.